The van der Waals surface area contributed by atoms with Gasteiger partial charge in [-0.05, 0) is 38.9 Å². The van der Waals surface area contributed by atoms with Gasteiger partial charge in [0, 0.05) is 19.6 Å². The van der Waals surface area contributed by atoms with Gasteiger partial charge in [0.25, 0.3) is 0 Å². The SMILES string of the molecule is CCCN(CCC(O)C(C)(C)C)CCN(C)C. The van der Waals surface area contributed by atoms with E-state index in [1.807, 2.05) is 0 Å². The molecule has 0 saturated heterocycles. The minimum Gasteiger partial charge on any atom is -0.393 e. The molecule has 0 aliphatic carbocycles. The van der Waals surface area contributed by atoms with Crippen LogP contribution in [0.1, 0.15) is 40.5 Å². The van der Waals surface area contributed by atoms with Gasteiger partial charge in [-0.2, -0.15) is 0 Å². The maximum Gasteiger partial charge on any atom is 0.0600 e. The highest BCUT2D eigenvalue weighted by atomic mass is 16.3. The van der Waals surface area contributed by atoms with Crippen molar-refractivity contribution in [3.05, 3.63) is 0 Å². The zero-order chi connectivity index (χ0) is 13.5. The summed E-state index contributed by atoms with van der Waals surface area (Å²) in [5.74, 6) is 0. The van der Waals surface area contributed by atoms with Crippen LogP contribution in [0.4, 0.5) is 0 Å². The molecular formula is C14H32N2O. The molecule has 3 nitrogen and oxygen atoms in total. The van der Waals surface area contributed by atoms with E-state index in [4.69, 9.17) is 0 Å². The molecule has 0 aliphatic heterocycles. The molecule has 0 rings (SSSR count). The Bertz CT molecular complexity index is 187. The van der Waals surface area contributed by atoms with Gasteiger partial charge in [0.05, 0.1) is 6.10 Å². The van der Waals surface area contributed by atoms with Crippen molar-refractivity contribution in [1.29, 1.82) is 0 Å². The summed E-state index contributed by atoms with van der Waals surface area (Å²) in [5, 5.41) is 10.0. The fourth-order valence-electron chi connectivity index (χ4n) is 1.73. The lowest BCUT2D eigenvalue weighted by Gasteiger charge is -2.29. The molecule has 0 aliphatic rings. The molecule has 0 fully saturated rings. The lowest BCUT2D eigenvalue weighted by molar-refractivity contribution is 0.0450. The molecule has 1 unspecified atom stereocenters. The smallest absolute Gasteiger partial charge is 0.0600 e. The second-order valence-corrected chi connectivity index (χ2v) is 6.32. The lowest BCUT2D eigenvalue weighted by atomic mass is 9.87. The predicted octanol–water partition coefficient (Wildman–Crippen LogP) is 2.06. The molecule has 0 spiro atoms. The number of hydrogen-bond acceptors (Lipinski definition) is 3. The zero-order valence-corrected chi connectivity index (χ0v) is 12.7. The van der Waals surface area contributed by atoms with Gasteiger partial charge in [-0.15, -0.1) is 0 Å². The van der Waals surface area contributed by atoms with Crippen molar-refractivity contribution in [3.63, 3.8) is 0 Å². The van der Waals surface area contributed by atoms with E-state index in [-0.39, 0.29) is 11.5 Å². The largest absolute Gasteiger partial charge is 0.393 e. The molecule has 0 aromatic carbocycles. The molecule has 0 saturated carbocycles. The minimum atomic E-state index is -0.207. The monoisotopic (exact) mass is 244 g/mol. The van der Waals surface area contributed by atoms with E-state index < -0.39 is 0 Å². The van der Waals surface area contributed by atoms with Crippen LogP contribution in [-0.2, 0) is 0 Å². The van der Waals surface area contributed by atoms with Crippen LogP contribution in [-0.4, -0.2) is 61.3 Å². The van der Waals surface area contributed by atoms with Crippen molar-refractivity contribution in [2.24, 2.45) is 5.41 Å². The maximum atomic E-state index is 10.0. The van der Waals surface area contributed by atoms with Crippen molar-refractivity contribution in [2.75, 3.05) is 40.3 Å². The summed E-state index contributed by atoms with van der Waals surface area (Å²) in [4.78, 5) is 4.66. The van der Waals surface area contributed by atoms with Crippen LogP contribution in [0, 0.1) is 5.41 Å². The molecule has 0 heterocycles. The van der Waals surface area contributed by atoms with E-state index >= 15 is 0 Å². The molecule has 0 radical (unpaired) electrons. The highest BCUT2D eigenvalue weighted by Crippen LogP contribution is 2.21. The Hall–Kier alpha value is -0.120. The summed E-state index contributed by atoms with van der Waals surface area (Å²) in [6.45, 7) is 12.8. The number of aliphatic hydroxyl groups excluding tert-OH is 1. The molecule has 0 bridgehead atoms. The minimum absolute atomic E-state index is 0.000563. The first-order chi connectivity index (χ1) is 7.77. The van der Waals surface area contributed by atoms with E-state index in [2.05, 4.69) is 51.6 Å². The van der Waals surface area contributed by atoms with Crippen molar-refractivity contribution < 1.29 is 5.11 Å². The Balaban J connectivity index is 3.99. The van der Waals surface area contributed by atoms with E-state index in [0.29, 0.717) is 0 Å². The first-order valence-electron chi connectivity index (χ1n) is 6.82. The number of rotatable bonds is 8. The molecule has 104 valence electrons. The van der Waals surface area contributed by atoms with E-state index in [9.17, 15) is 5.11 Å². The number of nitrogens with zero attached hydrogens (tertiary/aromatic N) is 2. The van der Waals surface area contributed by atoms with Crippen molar-refractivity contribution >= 4 is 0 Å². The first kappa shape index (κ1) is 16.9. The second kappa shape index (κ2) is 8.06. The van der Waals surface area contributed by atoms with Gasteiger partial charge in [0.1, 0.15) is 0 Å². The quantitative estimate of drug-likeness (QED) is 0.708. The third kappa shape index (κ3) is 8.58. The zero-order valence-electron chi connectivity index (χ0n) is 12.7. The average molecular weight is 244 g/mol. The number of aliphatic hydroxyl groups is 1. The fraction of sp³-hybridized carbons (Fsp3) is 1.00. The Morgan fingerprint density at radius 3 is 2.00 bits per heavy atom. The summed E-state index contributed by atoms with van der Waals surface area (Å²) >= 11 is 0. The van der Waals surface area contributed by atoms with Crippen LogP contribution in [0.5, 0.6) is 0 Å². The Morgan fingerprint density at radius 2 is 1.59 bits per heavy atom. The average Bonchev–Trinajstić information content (AvgIpc) is 2.20. The van der Waals surface area contributed by atoms with Crippen molar-refractivity contribution in [3.8, 4) is 0 Å². The molecule has 3 heteroatoms. The van der Waals surface area contributed by atoms with Crippen LogP contribution >= 0.6 is 0 Å². The summed E-state index contributed by atoms with van der Waals surface area (Å²) in [6, 6.07) is 0. The van der Waals surface area contributed by atoms with Gasteiger partial charge in [0.15, 0.2) is 0 Å². The summed E-state index contributed by atoms with van der Waals surface area (Å²) in [6.07, 6.45) is 1.84. The molecule has 1 atom stereocenters. The molecule has 1 N–H and O–H groups in total. The van der Waals surface area contributed by atoms with Crippen LogP contribution in [0.2, 0.25) is 0 Å². The van der Waals surface area contributed by atoms with Gasteiger partial charge < -0.3 is 14.9 Å². The van der Waals surface area contributed by atoms with Gasteiger partial charge >= 0.3 is 0 Å². The molecular weight excluding hydrogens is 212 g/mol. The third-order valence-corrected chi connectivity index (χ3v) is 3.12. The Labute approximate surface area is 108 Å². The normalized spacial score (nSPS) is 14.6. The Kier molecular flexibility index (Phi) is 8.01. The number of likely N-dealkylation sites (N-methyl/N-ethyl adjacent to an activating group) is 1. The van der Waals surface area contributed by atoms with Crippen LogP contribution in [0.15, 0.2) is 0 Å². The van der Waals surface area contributed by atoms with E-state index in [1.165, 1.54) is 6.42 Å². The van der Waals surface area contributed by atoms with Crippen LogP contribution < -0.4 is 0 Å². The highest BCUT2D eigenvalue weighted by molar-refractivity contribution is 4.74. The summed E-state index contributed by atoms with van der Waals surface area (Å²) in [5.41, 5.74) is -0.000563. The van der Waals surface area contributed by atoms with Gasteiger partial charge in [-0.1, -0.05) is 27.7 Å². The standard InChI is InChI=1S/C14H32N2O/c1-7-9-16(12-11-15(5)6)10-8-13(17)14(2,3)4/h13,17H,7-12H2,1-6H3. The van der Waals surface area contributed by atoms with E-state index in [1.54, 1.807) is 0 Å². The first-order valence-corrected chi connectivity index (χ1v) is 6.82. The van der Waals surface area contributed by atoms with Crippen molar-refractivity contribution in [1.82, 2.24) is 9.80 Å². The van der Waals surface area contributed by atoms with Crippen LogP contribution in [0.25, 0.3) is 0 Å². The fourth-order valence-corrected chi connectivity index (χ4v) is 1.73. The molecule has 17 heavy (non-hydrogen) atoms. The van der Waals surface area contributed by atoms with Gasteiger partial charge in [-0.3, -0.25) is 0 Å². The second-order valence-electron chi connectivity index (χ2n) is 6.32. The molecule has 0 aromatic rings. The molecule has 0 amide bonds. The predicted molar refractivity (Wildman–Crippen MR) is 75.4 cm³/mol. The summed E-state index contributed by atoms with van der Waals surface area (Å²) in [7, 11) is 4.21. The maximum absolute atomic E-state index is 10.0. The lowest BCUT2D eigenvalue weighted by Crippen LogP contribution is -2.36. The summed E-state index contributed by atoms with van der Waals surface area (Å²) < 4.78 is 0. The van der Waals surface area contributed by atoms with Crippen molar-refractivity contribution in [2.45, 2.75) is 46.6 Å². The number of hydrogen-bond donors (Lipinski definition) is 1. The third-order valence-electron chi connectivity index (χ3n) is 3.12. The van der Waals surface area contributed by atoms with Gasteiger partial charge in [0.2, 0.25) is 0 Å². The molecule has 0 aromatic heterocycles. The highest BCUT2D eigenvalue weighted by Gasteiger charge is 2.22. The van der Waals surface area contributed by atoms with Gasteiger partial charge in [-0.25, -0.2) is 0 Å². The Morgan fingerprint density at radius 1 is 1.00 bits per heavy atom. The van der Waals surface area contributed by atoms with Crippen LogP contribution in [0.3, 0.4) is 0 Å². The topological polar surface area (TPSA) is 26.7 Å². The van der Waals surface area contributed by atoms with E-state index in [0.717, 1.165) is 32.6 Å².